The summed E-state index contributed by atoms with van der Waals surface area (Å²) < 4.78 is 1.82. The number of fused-ring (bicyclic) bond motifs is 8. The van der Waals surface area contributed by atoms with E-state index in [1.54, 1.807) is 0 Å². The first-order valence-corrected chi connectivity index (χ1v) is 14.4. The first-order chi connectivity index (χ1) is 20.4. The van der Waals surface area contributed by atoms with Crippen LogP contribution in [-0.4, -0.2) is 27.1 Å². The fourth-order valence-electron chi connectivity index (χ4n) is 6.14. The molecule has 2 aliphatic rings. The number of rotatable bonds is 8. The number of carboxylic acids is 2. The maximum Gasteiger partial charge on any atom is 3.00 e. The van der Waals surface area contributed by atoms with Gasteiger partial charge in [-0.05, 0) is 63.7 Å². The monoisotopic (exact) mass is 632 g/mol. The van der Waals surface area contributed by atoms with Crippen molar-refractivity contribution < 1.29 is 41.4 Å². The molecule has 227 valence electrons. The maximum absolute atomic E-state index is 11.6. The van der Waals surface area contributed by atoms with Gasteiger partial charge in [0.25, 0.3) is 0 Å². The van der Waals surface area contributed by atoms with E-state index in [0.717, 1.165) is 84.8 Å². The predicted octanol–water partition coefficient (Wildman–Crippen LogP) is 6.21. The van der Waals surface area contributed by atoms with Gasteiger partial charge in [0.1, 0.15) is 11.4 Å². The van der Waals surface area contributed by atoms with Gasteiger partial charge in [0.15, 0.2) is 0 Å². The average Bonchev–Trinajstić information content (AvgIpc) is 3.59. The Bertz CT molecular complexity index is 1940. The molecule has 8 bridgehead atoms. The van der Waals surface area contributed by atoms with Crippen LogP contribution < -0.4 is 14.5 Å². The zero-order valence-electron chi connectivity index (χ0n) is 25.7. The van der Waals surface area contributed by atoms with Crippen LogP contribution in [0.2, 0.25) is 0 Å². The number of carbonyl (C=O) groups is 2. The average molecular weight is 633 g/mol. The van der Waals surface area contributed by atoms with E-state index in [-0.39, 0.29) is 29.9 Å². The van der Waals surface area contributed by atoms with E-state index in [0.29, 0.717) is 23.9 Å². The van der Waals surface area contributed by atoms with Crippen LogP contribution in [0.5, 0.6) is 0 Å². The second-order valence-electron chi connectivity index (χ2n) is 11.1. The van der Waals surface area contributed by atoms with Crippen molar-refractivity contribution in [2.24, 2.45) is 0 Å². The summed E-state index contributed by atoms with van der Waals surface area (Å²) in [4.78, 5) is 38.2. The third kappa shape index (κ3) is 5.77. The van der Waals surface area contributed by atoms with Gasteiger partial charge >= 0.3 is 29.0 Å². The minimum atomic E-state index is -0.890. The van der Waals surface area contributed by atoms with Gasteiger partial charge in [-0.3, -0.25) is 9.59 Å². The van der Waals surface area contributed by atoms with Crippen LogP contribution in [0.3, 0.4) is 0 Å². The van der Waals surface area contributed by atoms with Gasteiger partial charge in [-0.1, -0.05) is 66.1 Å². The van der Waals surface area contributed by atoms with Crippen LogP contribution in [0.4, 0.5) is 0 Å². The molecule has 0 fully saturated rings. The normalized spacial score (nSPS) is 12.8. The molecule has 0 amide bonds. The summed E-state index contributed by atoms with van der Waals surface area (Å²) >= 11 is 0. The molecule has 0 aromatic carbocycles. The molecule has 5 heterocycles. The van der Waals surface area contributed by atoms with Crippen molar-refractivity contribution in [3.8, 4) is 0 Å². The summed E-state index contributed by atoms with van der Waals surface area (Å²) in [5.41, 5.74) is 13.7. The topological polar surface area (TPSA) is 120 Å². The van der Waals surface area contributed by atoms with Gasteiger partial charge in [0.05, 0.1) is 11.4 Å². The Labute approximate surface area is 267 Å². The molecule has 2 aliphatic heterocycles. The molecular formula is C35H36FeN4O4+. The van der Waals surface area contributed by atoms with Gasteiger partial charge in [-0.25, -0.2) is 4.98 Å². The van der Waals surface area contributed by atoms with E-state index in [1.165, 1.54) is 0 Å². The molecule has 44 heavy (non-hydrogen) atoms. The van der Waals surface area contributed by atoms with Crippen molar-refractivity contribution in [3.63, 3.8) is 0 Å². The van der Waals surface area contributed by atoms with Crippen LogP contribution in [0.15, 0.2) is 36.9 Å². The zero-order chi connectivity index (χ0) is 31.2. The van der Waals surface area contributed by atoms with E-state index >= 15 is 0 Å². The zero-order valence-corrected chi connectivity index (χ0v) is 26.8. The van der Waals surface area contributed by atoms with Gasteiger partial charge in [0, 0.05) is 25.5 Å². The van der Waals surface area contributed by atoms with Gasteiger partial charge in [-0.2, -0.15) is 0 Å². The summed E-state index contributed by atoms with van der Waals surface area (Å²) in [5, 5.41) is 19.0. The summed E-state index contributed by atoms with van der Waals surface area (Å²) in [6.07, 6.45) is 3.14. The second-order valence-corrected chi connectivity index (χ2v) is 11.1. The predicted molar refractivity (Wildman–Crippen MR) is 169 cm³/mol. The van der Waals surface area contributed by atoms with Crippen LogP contribution >= 0.6 is 0 Å². The van der Waals surface area contributed by atoms with Crippen LogP contribution in [0, 0.1) is 20.9 Å². The Morgan fingerprint density at radius 2 is 1.39 bits per heavy atom. The Hall–Kier alpha value is -4.33. The molecular weight excluding hydrogens is 596 g/mol. The van der Waals surface area contributed by atoms with E-state index in [1.807, 2.05) is 55.7 Å². The largest absolute Gasteiger partial charge is 3.00 e. The summed E-state index contributed by atoms with van der Waals surface area (Å²) in [6.45, 7) is 14.2. The molecule has 0 atom stereocenters. The third-order valence-corrected chi connectivity index (χ3v) is 8.64. The Balaban J connectivity index is 0.00000442. The summed E-state index contributed by atoms with van der Waals surface area (Å²) in [6, 6.07) is 7.88. The number of allylic oxidation sites excluding steroid dienone is 5. The molecule has 0 saturated heterocycles. The molecule has 3 aromatic heterocycles. The molecule has 0 unspecified atom stereocenters. The molecule has 9 heteroatoms. The van der Waals surface area contributed by atoms with Crippen molar-refractivity contribution in [1.82, 2.24) is 15.0 Å². The molecule has 0 spiro atoms. The first kappa shape index (κ1) is 32.6. The van der Waals surface area contributed by atoms with Crippen molar-refractivity contribution in [3.05, 3.63) is 89.0 Å². The quantitative estimate of drug-likeness (QED) is 0.172. The van der Waals surface area contributed by atoms with E-state index in [2.05, 4.69) is 27.5 Å². The number of hydrogen-bond acceptors (Lipinski definition) is 3. The minimum Gasteiger partial charge on any atom is -0.658 e. The number of carboxylic acid groups (broad SMARTS) is 2. The second kappa shape index (κ2) is 12.7. The Kier molecular flexibility index (Phi) is 9.42. The molecule has 0 saturated carbocycles. The van der Waals surface area contributed by atoms with Crippen molar-refractivity contribution >= 4 is 56.3 Å². The number of nitrogens with zero attached hydrogens (tertiary/aromatic N) is 4. The van der Waals surface area contributed by atoms with E-state index < -0.39 is 11.9 Å². The molecule has 1 radical (unpaired) electrons. The van der Waals surface area contributed by atoms with Gasteiger partial charge < -0.3 is 24.7 Å². The number of hydrogen-bond donors (Lipinski definition) is 2. The van der Waals surface area contributed by atoms with Crippen LogP contribution in [0.25, 0.3) is 44.4 Å². The van der Waals surface area contributed by atoms with Gasteiger partial charge in [0.2, 0.25) is 0 Å². The smallest absolute Gasteiger partial charge is 0.658 e. The van der Waals surface area contributed by atoms with E-state index in [9.17, 15) is 19.8 Å². The molecule has 3 aromatic rings. The summed E-state index contributed by atoms with van der Waals surface area (Å²) in [7, 11) is 4.37. The SMILES string of the molecule is C=CC1=C(C)c2cc3[n-]c(cc4[n+]([CH2-])c(cc5[n-]c(cc1n2)c(C)c5CC)C(C)=C4CCC(=O)O)c(CCC(=O)O)c3C.[Fe+3]. The molecule has 0 aliphatic carbocycles. The van der Waals surface area contributed by atoms with Gasteiger partial charge in [-0.15, -0.1) is 22.1 Å². The number of aryl methyl sites for hydroxylation is 4. The Morgan fingerprint density at radius 1 is 0.841 bits per heavy atom. The van der Waals surface area contributed by atoms with Crippen LogP contribution in [-0.2, 0) is 39.5 Å². The standard InChI is InChI=1S/C35H38N4O4.Fe/c1-8-22-18(3)26-14-27-20(5)24(10-12-34(40)41)31(38-27)17-33-25(11-13-35(42)43)21(6)32(39(33)7)16-30-23(9-2)19(4)28(37-30)15-29(22)36-26;/h8,14-17H,1,7,9-13H2,2-6H3,(H4,36,37,38,40,41,42,43);/q;+3/p-2. The fraction of sp³-hybridized carbons (Fsp3) is 0.286. The van der Waals surface area contributed by atoms with Crippen molar-refractivity contribution in [1.29, 1.82) is 0 Å². The number of aliphatic carboxylic acids is 2. The van der Waals surface area contributed by atoms with E-state index in [4.69, 9.17) is 15.0 Å². The third-order valence-electron chi connectivity index (χ3n) is 8.64. The molecule has 2 N–H and O–H groups in total. The maximum atomic E-state index is 11.6. The summed E-state index contributed by atoms with van der Waals surface area (Å²) in [5.74, 6) is -1.77. The van der Waals surface area contributed by atoms with Crippen molar-refractivity contribution in [2.75, 3.05) is 0 Å². The number of aromatic nitrogens is 4. The van der Waals surface area contributed by atoms with Crippen molar-refractivity contribution in [2.45, 2.75) is 66.7 Å². The fourth-order valence-corrected chi connectivity index (χ4v) is 6.14. The van der Waals surface area contributed by atoms with Crippen LogP contribution in [0.1, 0.15) is 85.1 Å². The Morgan fingerprint density at radius 3 is 1.98 bits per heavy atom. The molecule has 5 rings (SSSR count). The molecule has 8 nitrogen and oxygen atoms in total. The first-order valence-electron chi connectivity index (χ1n) is 14.4. The minimum absolute atomic E-state index is 0.